The van der Waals surface area contributed by atoms with Crippen molar-refractivity contribution in [1.29, 1.82) is 0 Å². The summed E-state index contributed by atoms with van der Waals surface area (Å²) in [6, 6.07) is 0.420. The minimum atomic E-state index is -0.142. The Morgan fingerprint density at radius 1 is 1.56 bits per heavy atom. The summed E-state index contributed by atoms with van der Waals surface area (Å²) in [7, 11) is 0. The summed E-state index contributed by atoms with van der Waals surface area (Å²) in [5, 5.41) is 6.03. The van der Waals surface area contributed by atoms with Crippen LogP contribution in [0, 0.1) is 0 Å². The third-order valence-electron chi connectivity index (χ3n) is 1.38. The third-order valence-corrected chi connectivity index (χ3v) is 1.69. The lowest BCUT2D eigenvalue weighted by Gasteiger charge is -2.30. The Balaban J connectivity index is 2.34. The van der Waals surface area contributed by atoms with Crippen molar-refractivity contribution >= 4 is 11.6 Å². The molecule has 9 heavy (non-hydrogen) atoms. The van der Waals surface area contributed by atoms with Gasteiger partial charge in [-0.3, -0.25) is 10.6 Å². The average molecular weight is 150 g/mol. The number of halogens is 1. The molecule has 1 saturated heterocycles. The monoisotopic (exact) mass is 149 g/mol. The van der Waals surface area contributed by atoms with E-state index >= 15 is 0 Å². The van der Waals surface area contributed by atoms with Crippen LogP contribution in [0.2, 0.25) is 0 Å². The molecule has 0 radical (unpaired) electrons. The van der Waals surface area contributed by atoms with E-state index in [0.717, 1.165) is 6.42 Å². The van der Waals surface area contributed by atoms with E-state index in [0.29, 0.717) is 6.04 Å². The van der Waals surface area contributed by atoms with Gasteiger partial charge in [-0.1, -0.05) is 0 Å². The number of hydrogen-bond acceptors (Lipinski definition) is 3. The molecule has 54 valence electrons. The van der Waals surface area contributed by atoms with Crippen LogP contribution in [0.25, 0.3) is 0 Å². The zero-order valence-electron chi connectivity index (χ0n) is 5.39. The second-order valence-corrected chi connectivity index (χ2v) is 2.94. The summed E-state index contributed by atoms with van der Waals surface area (Å²) in [6.07, 6.45) is 0.783. The molecule has 1 fully saturated rings. The molecule has 0 spiro atoms. The molecule has 0 aromatic carbocycles. The normalized spacial score (nSPS) is 45.0. The maximum Gasteiger partial charge on any atom is 0.110 e. The van der Waals surface area contributed by atoms with Crippen molar-refractivity contribution in [3.05, 3.63) is 0 Å². The first-order chi connectivity index (χ1) is 4.18. The zero-order chi connectivity index (χ0) is 6.85. The zero-order valence-corrected chi connectivity index (χ0v) is 6.15. The van der Waals surface area contributed by atoms with Crippen LogP contribution in [-0.2, 0) is 0 Å². The van der Waals surface area contributed by atoms with E-state index in [-0.39, 0.29) is 11.8 Å². The Hall–Kier alpha value is 0.170. The molecule has 3 nitrogen and oxygen atoms in total. The highest BCUT2D eigenvalue weighted by Gasteiger charge is 2.19. The lowest BCUT2D eigenvalue weighted by Crippen LogP contribution is -2.60. The van der Waals surface area contributed by atoms with Crippen LogP contribution in [0.5, 0.6) is 0 Å². The van der Waals surface area contributed by atoms with Gasteiger partial charge in [0.25, 0.3) is 0 Å². The minimum Gasteiger partial charge on any atom is -0.304 e. The van der Waals surface area contributed by atoms with Gasteiger partial charge < -0.3 is 5.73 Å². The van der Waals surface area contributed by atoms with Gasteiger partial charge in [0.05, 0.1) is 5.50 Å². The van der Waals surface area contributed by atoms with Gasteiger partial charge in [0, 0.05) is 6.04 Å². The predicted octanol–water partition coefficient (Wildman–Crippen LogP) is -0.235. The lowest BCUT2D eigenvalue weighted by atomic mass is 10.2. The largest absolute Gasteiger partial charge is 0.304 e. The van der Waals surface area contributed by atoms with Crippen LogP contribution < -0.4 is 16.4 Å². The molecule has 3 atom stereocenters. The molecule has 1 rings (SSSR count). The molecule has 1 heterocycles. The minimum absolute atomic E-state index is 0.0243. The fourth-order valence-electron chi connectivity index (χ4n) is 0.996. The molecule has 0 aromatic heterocycles. The average Bonchev–Trinajstić information content (AvgIpc) is 1.59. The molecule has 0 saturated carbocycles. The first-order valence-corrected chi connectivity index (χ1v) is 3.54. The molecule has 1 aliphatic heterocycles. The van der Waals surface area contributed by atoms with E-state index in [1.54, 1.807) is 0 Å². The number of rotatable bonds is 0. The number of nitrogens with two attached hydrogens (primary N) is 1. The first-order valence-electron chi connectivity index (χ1n) is 3.10. The van der Waals surface area contributed by atoms with Crippen LogP contribution in [0.4, 0.5) is 0 Å². The summed E-state index contributed by atoms with van der Waals surface area (Å²) in [4.78, 5) is 0. The summed E-state index contributed by atoms with van der Waals surface area (Å²) in [5.41, 5.74) is 5.53. The predicted molar refractivity (Wildman–Crippen MR) is 38.0 cm³/mol. The smallest absolute Gasteiger partial charge is 0.110 e. The Morgan fingerprint density at radius 2 is 2.22 bits per heavy atom. The van der Waals surface area contributed by atoms with Crippen molar-refractivity contribution in [1.82, 2.24) is 10.6 Å². The van der Waals surface area contributed by atoms with Gasteiger partial charge in [0.1, 0.15) is 6.29 Å². The summed E-state index contributed by atoms with van der Waals surface area (Å²) in [5.74, 6) is 0. The van der Waals surface area contributed by atoms with Gasteiger partial charge in [0.15, 0.2) is 0 Å². The van der Waals surface area contributed by atoms with Gasteiger partial charge in [-0.05, 0) is 13.3 Å². The van der Waals surface area contributed by atoms with Gasteiger partial charge in [-0.2, -0.15) is 0 Å². The molecule has 0 aliphatic carbocycles. The Kier molecular flexibility index (Phi) is 2.29. The van der Waals surface area contributed by atoms with E-state index in [9.17, 15) is 0 Å². The molecule has 3 unspecified atom stereocenters. The second kappa shape index (κ2) is 2.84. The molecule has 0 aromatic rings. The van der Waals surface area contributed by atoms with E-state index in [2.05, 4.69) is 17.6 Å². The Morgan fingerprint density at radius 3 is 2.67 bits per heavy atom. The topological polar surface area (TPSA) is 50.1 Å². The van der Waals surface area contributed by atoms with E-state index in [4.69, 9.17) is 17.3 Å². The number of hydrogen-bond donors (Lipinski definition) is 3. The van der Waals surface area contributed by atoms with Crippen LogP contribution in [0.15, 0.2) is 0 Å². The van der Waals surface area contributed by atoms with Gasteiger partial charge in [0.2, 0.25) is 0 Å². The summed E-state index contributed by atoms with van der Waals surface area (Å²) < 4.78 is 0. The Bertz CT molecular complexity index is 73.2. The molecular formula is C5H12ClN3. The van der Waals surface area contributed by atoms with E-state index in [1.807, 2.05) is 0 Å². The van der Waals surface area contributed by atoms with Gasteiger partial charge in [-0.25, -0.2) is 0 Å². The van der Waals surface area contributed by atoms with Crippen LogP contribution in [0.1, 0.15) is 13.3 Å². The van der Waals surface area contributed by atoms with Crippen LogP contribution in [0.3, 0.4) is 0 Å². The third kappa shape index (κ3) is 2.10. The molecule has 1 aliphatic rings. The van der Waals surface area contributed by atoms with Crippen LogP contribution >= 0.6 is 11.6 Å². The van der Waals surface area contributed by atoms with Crippen molar-refractivity contribution in [3.63, 3.8) is 0 Å². The van der Waals surface area contributed by atoms with Crippen molar-refractivity contribution in [2.45, 2.75) is 31.2 Å². The molecule has 4 N–H and O–H groups in total. The van der Waals surface area contributed by atoms with E-state index in [1.165, 1.54) is 0 Å². The fraction of sp³-hybridized carbons (Fsp3) is 1.00. The molecule has 0 amide bonds. The lowest BCUT2D eigenvalue weighted by molar-refractivity contribution is 0.300. The molecular weight excluding hydrogens is 138 g/mol. The second-order valence-electron chi connectivity index (χ2n) is 2.42. The SMILES string of the molecule is CC1CC(Cl)NC(N)N1. The highest BCUT2D eigenvalue weighted by molar-refractivity contribution is 6.20. The summed E-state index contributed by atoms with van der Waals surface area (Å²) in [6.45, 7) is 2.07. The number of alkyl halides is 1. The van der Waals surface area contributed by atoms with Crippen molar-refractivity contribution < 1.29 is 0 Å². The molecule has 0 bridgehead atoms. The maximum atomic E-state index is 5.78. The standard InChI is InChI=1S/C5H12ClN3/c1-3-2-4(6)9-5(7)8-3/h3-5,8-9H,2,7H2,1H3. The fourth-order valence-corrected chi connectivity index (χ4v) is 1.40. The van der Waals surface area contributed by atoms with E-state index < -0.39 is 0 Å². The van der Waals surface area contributed by atoms with Gasteiger partial charge >= 0.3 is 0 Å². The number of nitrogens with one attached hydrogen (secondary N) is 2. The highest BCUT2D eigenvalue weighted by Crippen LogP contribution is 2.06. The van der Waals surface area contributed by atoms with Crippen molar-refractivity contribution in [3.8, 4) is 0 Å². The maximum absolute atomic E-state index is 5.78. The van der Waals surface area contributed by atoms with Gasteiger partial charge in [-0.15, -0.1) is 11.6 Å². The van der Waals surface area contributed by atoms with Crippen LogP contribution in [-0.4, -0.2) is 17.8 Å². The highest BCUT2D eigenvalue weighted by atomic mass is 35.5. The Labute approximate surface area is 59.9 Å². The quantitative estimate of drug-likeness (QED) is 0.329. The summed E-state index contributed by atoms with van der Waals surface area (Å²) >= 11 is 5.78. The first kappa shape index (κ1) is 7.28. The molecule has 4 heteroatoms. The van der Waals surface area contributed by atoms with Crippen molar-refractivity contribution in [2.24, 2.45) is 5.73 Å². The van der Waals surface area contributed by atoms with Crippen molar-refractivity contribution in [2.75, 3.05) is 0 Å².